The van der Waals surface area contributed by atoms with E-state index in [1.807, 2.05) is 6.07 Å². The molecule has 0 bridgehead atoms. The van der Waals surface area contributed by atoms with Crippen molar-refractivity contribution in [1.82, 2.24) is 10.3 Å². The smallest absolute Gasteiger partial charge is 0.305 e. The Balaban J connectivity index is 2.54. The van der Waals surface area contributed by atoms with Gasteiger partial charge in [0, 0.05) is 6.20 Å². The molecule has 2 atom stereocenters. The maximum Gasteiger partial charge on any atom is 0.305 e. The first-order chi connectivity index (χ1) is 8.00. The van der Waals surface area contributed by atoms with Crippen LogP contribution in [0.25, 0.3) is 0 Å². The molecule has 2 unspecified atom stereocenters. The van der Waals surface area contributed by atoms with Crippen molar-refractivity contribution in [2.45, 2.75) is 25.4 Å². The van der Waals surface area contributed by atoms with Crippen molar-refractivity contribution in [3.05, 3.63) is 30.1 Å². The minimum Gasteiger partial charge on any atom is -0.481 e. The van der Waals surface area contributed by atoms with Crippen LogP contribution in [0, 0.1) is 0 Å². The van der Waals surface area contributed by atoms with Crippen LogP contribution in [-0.4, -0.2) is 28.0 Å². The van der Waals surface area contributed by atoms with Gasteiger partial charge in [-0.05, 0) is 19.1 Å². The molecule has 0 aliphatic carbocycles. The Labute approximate surface area is 98.8 Å². The van der Waals surface area contributed by atoms with E-state index in [1.54, 1.807) is 25.3 Å². The molecule has 0 saturated carbocycles. The molecule has 0 aliphatic rings. The minimum absolute atomic E-state index is 0.302. The lowest BCUT2D eigenvalue weighted by Crippen LogP contribution is -2.42. The summed E-state index contributed by atoms with van der Waals surface area (Å²) in [6.45, 7) is 1.76. The SMILES string of the molecule is CC(NC(=O)C(N)CC(=O)O)c1ccccn1. The van der Waals surface area contributed by atoms with Crippen LogP contribution in [0.2, 0.25) is 0 Å². The Hall–Kier alpha value is -1.95. The fraction of sp³-hybridized carbons (Fsp3) is 0.364. The quantitative estimate of drug-likeness (QED) is 0.671. The van der Waals surface area contributed by atoms with Gasteiger partial charge >= 0.3 is 5.97 Å². The van der Waals surface area contributed by atoms with E-state index < -0.39 is 17.9 Å². The van der Waals surface area contributed by atoms with Crippen LogP contribution in [0.4, 0.5) is 0 Å². The Bertz CT molecular complexity index is 394. The van der Waals surface area contributed by atoms with Gasteiger partial charge in [0.05, 0.1) is 24.2 Å². The van der Waals surface area contributed by atoms with Gasteiger partial charge in [-0.3, -0.25) is 14.6 Å². The zero-order valence-corrected chi connectivity index (χ0v) is 9.46. The summed E-state index contributed by atoms with van der Waals surface area (Å²) >= 11 is 0. The molecule has 0 fully saturated rings. The van der Waals surface area contributed by atoms with Crippen LogP contribution in [0.1, 0.15) is 25.1 Å². The van der Waals surface area contributed by atoms with Crippen LogP contribution >= 0.6 is 0 Å². The highest BCUT2D eigenvalue weighted by Crippen LogP contribution is 2.07. The summed E-state index contributed by atoms with van der Waals surface area (Å²) in [5, 5.41) is 11.1. The van der Waals surface area contributed by atoms with Gasteiger partial charge in [-0.15, -0.1) is 0 Å². The van der Waals surface area contributed by atoms with Gasteiger partial charge in [-0.2, -0.15) is 0 Å². The van der Waals surface area contributed by atoms with Crippen LogP contribution in [0.15, 0.2) is 24.4 Å². The summed E-state index contributed by atoms with van der Waals surface area (Å²) in [6, 6.07) is 4.01. The fourth-order valence-corrected chi connectivity index (χ4v) is 1.31. The van der Waals surface area contributed by atoms with E-state index in [-0.39, 0.29) is 12.5 Å². The van der Waals surface area contributed by atoms with E-state index >= 15 is 0 Å². The van der Waals surface area contributed by atoms with Crippen LogP contribution in [0.3, 0.4) is 0 Å². The topological polar surface area (TPSA) is 105 Å². The molecular weight excluding hydrogens is 222 g/mol. The van der Waals surface area contributed by atoms with E-state index in [0.29, 0.717) is 5.69 Å². The molecule has 1 aromatic rings. The number of carboxylic acids is 1. The van der Waals surface area contributed by atoms with E-state index in [0.717, 1.165) is 0 Å². The monoisotopic (exact) mass is 237 g/mol. The number of hydrogen-bond acceptors (Lipinski definition) is 4. The van der Waals surface area contributed by atoms with E-state index in [1.165, 1.54) is 0 Å². The van der Waals surface area contributed by atoms with Gasteiger partial charge in [-0.25, -0.2) is 0 Å². The molecule has 0 spiro atoms. The van der Waals surface area contributed by atoms with Gasteiger partial charge in [0.25, 0.3) is 0 Å². The van der Waals surface area contributed by atoms with Crippen molar-refractivity contribution in [3.8, 4) is 0 Å². The second kappa shape index (κ2) is 5.95. The molecule has 6 heteroatoms. The third-order valence-electron chi connectivity index (χ3n) is 2.22. The van der Waals surface area contributed by atoms with E-state index in [4.69, 9.17) is 10.8 Å². The normalized spacial score (nSPS) is 13.8. The lowest BCUT2D eigenvalue weighted by molar-refractivity contribution is -0.139. The van der Waals surface area contributed by atoms with Crippen molar-refractivity contribution in [1.29, 1.82) is 0 Å². The highest BCUT2D eigenvalue weighted by atomic mass is 16.4. The summed E-state index contributed by atoms with van der Waals surface area (Å²) < 4.78 is 0. The van der Waals surface area contributed by atoms with Crippen molar-refractivity contribution in [3.63, 3.8) is 0 Å². The maximum atomic E-state index is 11.5. The largest absolute Gasteiger partial charge is 0.481 e. The molecular formula is C11H15N3O3. The second-order valence-corrected chi connectivity index (χ2v) is 3.69. The number of nitrogens with two attached hydrogens (primary N) is 1. The summed E-state index contributed by atoms with van der Waals surface area (Å²) in [5.41, 5.74) is 6.13. The van der Waals surface area contributed by atoms with E-state index in [2.05, 4.69) is 10.3 Å². The predicted octanol–water partition coefficient (Wildman–Crippen LogP) is 0.0608. The molecule has 6 nitrogen and oxygen atoms in total. The van der Waals surface area contributed by atoms with Gasteiger partial charge in [-0.1, -0.05) is 6.07 Å². The fourth-order valence-electron chi connectivity index (χ4n) is 1.31. The number of aliphatic carboxylic acids is 1. The number of pyridine rings is 1. The Morgan fingerprint density at radius 3 is 2.76 bits per heavy atom. The molecule has 1 heterocycles. The number of amides is 1. The lowest BCUT2D eigenvalue weighted by atomic mass is 10.1. The molecule has 0 aliphatic heterocycles. The van der Waals surface area contributed by atoms with Crippen molar-refractivity contribution >= 4 is 11.9 Å². The highest BCUT2D eigenvalue weighted by molar-refractivity contribution is 5.86. The molecule has 0 saturated heterocycles. The Kier molecular flexibility index (Phi) is 4.59. The maximum absolute atomic E-state index is 11.5. The zero-order chi connectivity index (χ0) is 12.8. The number of hydrogen-bond donors (Lipinski definition) is 3. The summed E-state index contributed by atoms with van der Waals surface area (Å²) in [6.07, 6.45) is 1.23. The molecule has 0 radical (unpaired) electrons. The number of rotatable bonds is 5. The van der Waals surface area contributed by atoms with Crippen LogP contribution in [0.5, 0.6) is 0 Å². The third kappa shape index (κ3) is 4.20. The van der Waals surface area contributed by atoms with Gasteiger partial charge in [0.2, 0.25) is 5.91 Å². The molecule has 17 heavy (non-hydrogen) atoms. The Morgan fingerprint density at radius 1 is 1.53 bits per heavy atom. The molecule has 1 rings (SSSR count). The summed E-state index contributed by atoms with van der Waals surface area (Å²) in [7, 11) is 0. The molecule has 0 aromatic carbocycles. The molecule has 4 N–H and O–H groups in total. The van der Waals surface area contributed by atoms with Gasteiger partial charge in [0.15, 0.2) is 0 Å². The molecule has 1 aromatic heterocycles. The number of carbonyl (C=O) groups is 2. The average Bonchev–Trinajstić information content (AvgIpc) is 2.29. The average molecular weight is 237 g/mol. The summed E-state index contributed by atoms with van der Waals surface area (Å²) in [5.74, 6) is -1.59. The van der Waals surface area contributed by atoms with E-state index in [9.17, 15) is 9.59 Å². The molecule has 92 valence electrons. The van der Waals surface area contributed by atoms with Gasteiger partial charge in [0.1, 0.15) is 0 Å². The van der Waals surface area contributed by atoms with Crippen molar-refractivity contribution < 1.29 is 14.7 Å². The number of nitrogens with one attached hydrogen (secondary N) is 1. The number of carbonyl (C=O) groups excluding carboxylic acids is 1. The first-order valence-corrected chi connectivity index (χ1v) is 5.19. The van der Waals surface area contributed by atoms with Gasteiger partial charge < -0.3 is 16.2 Å². The Morgan fingerprint density at radius 2 is 2.24 bits per heavy atom. The number of aromatic nitrogens is 1. The molecule has 1 amide bonds. The van der Waals surface area contributed by atoms with Crippen LogP contribution < -0.4 is 11.1 Å². The standard InChI is InChI=1S/C11H15N3O3/c1-7(9-4-2-3-5-13-9)14-11(17)8(12)6-10(15)16/h2-5,7-8H,6,12H2,1H3,(H,14,17)(H,15,16). The zero-order valence-electron chi connectivity index (χ0n) is 9.46. The van der Waals surface area contributed by atoms with Crippen molar-refractivity contribution in [2.75, 3.05) is 0 Å². The first kappa shape index (κ1) is 13.1. The highest BCUT2D eigenvalue weighted by Gasteiger charge is 2.19. The second-order valence-electron chi connectivity index (χ2n) is 3.69. The number of nitrogens with zero attached hydrogens (tertiary/aromatic N) is 1. The van der Waals surface area contributed by atoms with Crippen LogP contribution in [-0.2, 0) is 9.59 Å². The lowest BCUT2D eigenvalue weighted by Gasteiger charge is -2.16. The summed E-state index contributed by atoms with van der Waals surface area (Å²) in [4.78, 5) is 26.0. The predicted molar refractivity (Wildman–Crippen MR) is 61.0 cm³/mol. The third-order valence-corrected chi connectivity index (χ3v) is 2.22. The first-order valence-electron chi connectivity index (χ1n) is 5.19. The minimum atomic E-state index is -1.10. The number of carboxylic acid groups (broad SMARTS) is 1. The van der Waals surface area contributed by atoms with Crippen molar-refractivity contribution in [2.24, 2.45) is 5.73 Å².